The van der Waals surface area contributed by atoms with Gasteiger partial charge in [0.05, 0.1) is 5.25 Å². The first-order valence-corrected chi connectivity index (χ1v) is 9.91. The van der Waals surface area contributed by atoms with E-state index in [9.17, 15) is 0 Å². The third-order valence-electron chi connectivity index (χ3n) is 4.29. The third kappa shape index (κ3) is 4.24. The van der Waals surface area contributed by atoms with E-state index in [1.54, 1.807) is 11.8 Å². The van der Waals surface area contributed by atoms with Gasteiger partial charge in [-0.15, -0.1) is 5.10 Å². The van der Waals surface area contributed by atoms with Crippen LogP contribution in [0.2, 0.25) is 5.02 Å². The molecule has 3 aromatic carbocycles. The molecule has 1 heterocycles. The fourth-order valence-electron chi connectivity index (χ4n) is 2.84. The number of aryl methyl sites for hydroxylation is 1. The normalized spacial score (nSPS) is 12.1. The van der Waals surface area contributed by atoms with Crippen molar-refractivity contribution in [1.82, 2.24) is 15.2 Å². The number of nitrogens with one attached hydrogen (secondary N) is 1. The summed E-state index contributed by atoms with van der Waals surface area (Å²) >= 11 is 7.69. The van der Waals surface area contributed by atoms with Crippen LogP contribution in [-0.4, -0.2) is 15.2 Å². The number of aromatic nitrogens is 3. The summed E-state index contributed by atoms with van der Waals surface area (Å²) < 4.78 is 0. The Morgan fingerprint density at radius 1 is 0.852 bits per heavy atom. The van der Waals surface area contributed by atoms with Crippen molar-refractivity contribution in [3.8, 4) is 11.4 Å². The Balaban J connectivity index is 1.64. The third-order valence-corrected chi connectivity index (χ3v) is 5.71. The van der Waals surface area contributed by atoms with Gasteiger partial charge in [0.25, 0.3) is 0 Å². The quantitative estimate of drug-likeness (QED) is 0.405. The highest BCUT2D eigenvalue weighted by Crippen LogP contribution is 2.39. The van der Waals surface area contributed by atoms with Gasteiger partial charge in [0.15, 0.2) is 5.82 Å². The molecule has 1 atom stereocenters. The van der Waals surface area contributed by atoms with E-state index in [1.807, 2.05) is 18.2 Å². The lowest BCUT2D eigenvalue weighted by Crippen LogP contribution is -1.97. The van der Waals surface area contributed by atoms with Crippen LogP contribution in [0.1, 0.15) is 21.9 Å². The molecule has 0 amide bonds. The van der Waals surface area contributed by atoms with Crippen molar-refractivity contribution < 1.29 is 0 Å². The Morgan fingerprint density at radius 3 is 2.22 bits per heavy atom. The van der Waals surface area contributed by atoms with Crippen molar-refractivity contribution in [1.29, 1.82) is 0 Å². The van der Waals surface area contributed by atoms with Crippen LogP contribution in [-0.2, 0) is 0 Å². The molecule has 4 rings (SSSR count). The van der Waals surface area contributed by atoms with Crippen molar-refractivity contribution in [3.05, 3.63) is 101 Å². The summed E-state index contributed by atoms with van der Waals surface area (Å²) in [6.07, 6.45) is 0. The van der Waals surface area contributed by atoms with Gasteiger partial charge in [-0.3, -0.25) is 5.10 Å². The second-order valence-corrected chi connectivity index (χ2v) is 7.80. The smallest absolute Gasteiger partial charge is 0.209 e. The van der Waals surface area contributed by atoms with E-state index in [1.165, 1.54) is 11.1 Å². The molecule has 0 bridgehead atoms. The van der Waals surface area contributed by atoms with Crippen molar-refractivity contribution in [2.75, 3.05) is 0 Å². The Morgan fingerprint density at radius 2 is 1.52 bits per heavy atom. The van der Waals surface area contributed by atoms with E-state index in [2.05, 4.69) is 82.8 Å². The van der Waals surface area contributed by atoms with Crippen LogP contribution in [0.15, 0.2) is 84.0 Å². The molecule has 0 unspecified atom stereocenters. The zero-order chi connectivity index (χ0) is 18.6. The minimum Gasteiger partial charge on any atom is -0.258 e. The van der Waals surface area contributed by atoms with E-state index in [0.29, 0.717) is 0 Å². The van der Waals surface area contributed by atoms with Gasteiger partial charge in [0, 0.05) is 10.6 Å². The molecule has 0 aliphatic rings. The minimum absolute atomic E-state index is 0.0881. The molecule has 0 saturated carbocycles. The number of halogens is 1. The molecular weight excluding hydrogens is 374 g/mol. The van der Waals surface area contributed by atoms with E-state index in [4.69, 9.17) is 11.6 Å². The average molecular weight is 392 g/mol. The lowest BCUT2D eigenvalue weighted by Gasteiger charge is -2.16. The summed E-state index contributed by atoms with van der Waals surface area (Å²) in [6.45, 7) is 2.07. The largest absolute Gasteiger partial charge is 0.258 e. The van der Waals surface area contributed by atoms with Gasteiger partial charge < -0.3 is 0 Å². The van der Waals surface area contributed by atoms with Gasteiger partial charge in [-0.2, -0.15) is 0 Å². The molecule has 0 aliphatic heterocycles. The molecule has 0 aliphatic carbocycles. The maximum atomic E-state index is 6.07. The lowest BCUT2D eigenvalue weighted by atomic mass is 10.0. The first-order valence-electron chi connectivity index (χ1n) is 8.65. The van der Waals surface area contributed by atoms with E-state index in [0.717, 1.165) is 27.1 Å². The second-order valence-electron chi connectivity index (χ2n) is 6.29. The fraction of sp³-hybridized carbons (Fsp3) is 0.0909. The van der Waals surface area contributed by atoms with Crippen LogP contribution < -0.4 is 0 Å². The summed E-state index contributed by atoms with van der Waals surface area (Å²) in [5, 5.41) is 9.02. The molecular formula is C22H18ClN3S. The zero-order valence-corrected chi connectivity index (χ0v) is 16.3. The maximum Gasteiger partial charge on any atom is 0.209 e. The average Bonchev–Trinajstić information content (AvgIpc) is 3.17. The standard InChI is InChI=1S/C22H18ClN3S/c1-15-7-9-18(10-8-15)21-24-22(26-25-21)27-20(16-5-3-2-4-6-16)17-11-13-19(23)14-12-17/h2-14,20H,1H3,(H,24,25,26)/t20-/m1/s1. The summed E-state index contributed by atoms with van der Waals surface area (Å²) in [5.74, 6) is 0.778. The highest BCUT2D eigenvalue weighted by molar-refractivity contribution is 7.99. The number of hydrogen-bond donors (Lipinski definition) is 1. The number of thioether (sulfide) groups is 1. The molecule has 0 radical (unpaired) electrons. The molecule has 0 saturated heterocycles. The first kappa shape index (κ1) is 17.8. The van der Waals surface area contributed by atoms with Crippen LogP contribution in [0.5, 0.6) is 0 Å². The van der Waals surface area contributed by atoms with E-state index < -0.39 is 0 Å². The van der Waals surface area contributed by atoms with Crippen molar-refractivity contribution >= 4 is 23.4 Å². The van der Waals surface area contributed by atoms with Crippen molar-refractivity contribution in [2.24, 2.45) is 0 Å². The monoisotopic (exact) mass is 391 g/mol. The van der Waals surface area contributed by atoms with Crippen molar-refractivity contribution in [2.45, 2.75) is 17.3 Å². The molecule has 1 aromatic heterocycles. The number of H-pyrrole nitrogens is 1. The molecule has 0 spiro atoms. The van der Waals surface area contributed by atoms with Gasteiger partial charge in [0.2, 0.25) is 5.16 Å². The molecule has 3 nitrogen and oxygen atoms in total. The van der Waals surface area contributed by atoms with Gasteiger partial charge >= 0.3 is 0 Å². The highest BCUT2D eigenvalue weighted by Gasteiger charge is 2.18. The summed E-state index contributed by atoms with van der Waals surface area (Å²) in [4.78, 5) is 4.69. The van der Waals surface area contributed by atoms with Gasteiger partial charge in [-0.05, 0) is 30.2 Å². The molecule has 5 heteroatoms. The van der Waals surface area contributed by atoms with Crippen LogP contribution in [0.25, 0.3) is 11.4 Å². The predicted octanol–water partition coefficient (Wildman–Crippen LogP) is 6.32. The fourth-order valence-corrected chi connectivity index (χ4v) is 4.00. The van der Waals surface area contributed by atoms with Crippen molar-refractivity contribution in [3.63, 3.8) is 0 Å². The Hall–Kier alpha value is -2.56. The predicted molar refractivity (Wildman–Crippen MR) is 112 cm³/mol. The number of nitrogens with zero attached hydrogens (tertiary/aromatic N) is 2. The zero-order valence-electron chi connectivity index (χ0n) is 14.8. The maximum absolute atomic E-state index is 6.07. The number of hydrogen-bond acceptors (Lipinski definition) is 3. The van der Waals surface area contributed by atoms with Crippen LogP contribution in [0.3, 0.4) is 0 Å². The first-order chi connectivity index (χ1) is 13.2. The molecule has 134 valence electrons. The van der Waals surface area contributed by atoms with E-state index in [-0.39, 0.29) is 5.25 Å². The topological polar surface area (TPSA) is 41.6 Å². The van der Waals surface area contributed by atoms with Gasteiger partial charge in [-0.25, -0.2) is 4.98 Å². The molecule has 0 fully saturated rings. The Bertz CT molecular complexity index is 1010. The summed E-state index contributed by atoms with van der Waals surface area (Å²) in [7, 11) is 0. The SMILES string of the molecule is Cc1ccc(-c2nc(S[C@H](c3ccccc3)c3ccc(Cl)cc3)n[nH]2)cc1. The van der Waals surface area contributed by atoms with Crippen LogP contribution in [0.4, 0.5) is 0 Å². The number of aromatic amines is 1. The van der Waals surface area contributed by atoms with Gasteiger partial charge in [0.1, 0.15) is 0 Å². The summed E-state index contributed by atoms with van der Waals surface area (Å²) in [6, 6.07) is 26.6. The van der Waals surface area contributed by atoms with Crippen LogP contribution in [0, 0.1) is 6.92 Å². The number of benzene rings is 3. The summed E-state index contributed by atoms with van der Waals surface area (Å²) in [5.41, 5.74) is 4.62. The van der Waals surface area contributed by atoms with Gasteiger partial charge in [-0.1, -0.05) is 95.7 Å². The van der Waals surface area contributed by atoms with Crippen LogP contribution >= 0.6 is 23.4 Å². The molecule has 4 aromatic rings. The Labute approximate surface area is 167 Å². The lowest BCUT2D eigenvalue weighted by molar-refractivity contribution is 0.965. The molecule has 1 N–H and O–H groups in total. The highest BCUT2D eigenvalue weighted by atomic mass is 35.5. The minimum atomic E-state index is 0.0881. The number of rotatable bonds is 5. The second kappa shape index (κ2) is 7.99. The Kier molecular flexibility index (Phi) is 5.28. The van der Waals surface area contributed by atoms with E-state index >= 15 is 0 Å². The molecule has 27 heavy (non-hydrogen) atoms.